The summed E-state index contributed by atoms with van der Waals surface area (Å²) in [5, 5.41) is 3.77. The van der Waals surface area contributed by atoms with Gasteiger partial charge in [-0.2, -0.15) is 39.5 Å². The van der Waals surface area contributed by atoms with E-state index in [2.05, 4.69) is 10.2 Å². The monoisotopic (exact) mass is 437 g/mol. The minimum atomic E-state index is -6.11. The number of amides is 1. The molecule has 0 spiro atoms. The van der Waals surface area contributed by atoms with Crippen LogP contribution < -0.4 is 5.32 Å². The van der Waals surface area contributed by atoms with E-state index >= 15 is 0 Å². The van der Waals surface area contributed by atoms with Crippen molar-refractivity contribution in [3.63, 3.8) is 0 Å². The Morgan fingerprint density at radius 2 is 1.43 bits per heavy atom. The molecule has 0 radical (unpaired) electrons. The van der Waals surface area contributed by atoms with E-state index < -0.39 is 63.3 Å². The number of nitrogens with one attached hydrogen (secondary N) is 1. The second kappa shape index (κ2) is 7.22. The van der Waals surface area contributed by atoms with Crippen molar-refractivity contribution in [2.45, 2.75) is 24.9 Å². The molecule has 28 heavy (non-hydrogen) atoms. The predicted molar refractivity (Wildman–Crippen MR) is 78.2 cm³/mol. The first kappa shape index (κ1) is 21.9. The van der Waals surface area contributed by atoms with Crippen LogP contribution >= 0.6 is 11.3 Å². The minimum absolute atomic E-state index is 0.402. The average Bonchev–Trinajstić information content (AvgIpc) is 2.99. The maximum absolute atomic E-state index is 13.5. The van der Waals surface area contributed by atoms with Crippen LogP contribution in [0.1, 0.15) is 10.6 Å². The highest BCUT2D eigenvalue weighted by molar-refractivity contribution is 7.15. The van der Waals surface area contributed by atoms with E-state index in [0.29, 0.717) is 0 Å². The van der Waals surface area contributed by atoms with Crippen LogP contribution in [0.25, 0.3) is 0 Å². The first-order valence-corrected chi connectivity index (χ1v) is 7.89. The number of carbonyl (C=O) groups excluding carboxylic acids is 1. The molecule has 0 unspecified atom stereocenters. The number of nitrogens with zero attached hydrogens (tertiary/aromatic N) is 2. The molecule has 1 N–H and O–H groups in total. The Balaban J connectivity index is 2.48. The molecule has 2 rings (SSSR count). The van der Waals surface area contributed by atoms with Crippen molar-refractivity contribution in [3.05, 3.63) is 40.9 Å². The Morgan fingerprint density at radius 3 is 1.86 bits per heavy atom. The molecular formula is C14H8F9N3OS. The Kier molecular flexibility index (Phi) is 5.65. The Labute approximate surface area is 154 Å². The van der Waals surface area contributed by atoms with Crippen molar-refractivity contribution in [1.82, 2.24) is 10.2 Å². The van der Waals surface area contributed by atoms with Crippen LogP contribution in [0.5, 0.6) is 0 Å². The van der Waals surface area contributed by atoms with E-state index in [0.717, 1.165) is 12.1 Å². The summed E-state index contributed by atoms with van der Waals surface area (Å²) in [6, 6.07) is 5.58. The van der Waals surface area contributed by atoms with E-state index in [1.807, 2.05) is 0 Å². The molecule has 0 fully saturated rings. The topological polar surface area (TPSA) is 54.9 Å². The van der Waals surface area contributed by atoms with Crippen molar-refractivity contribution in [1.29, 1.82) is 0 Å². The van der Waals surface area contributed by atoms with Gasteiger partial charge in [0.1, 0.15) is 0 Å². The van der Waals surface area contributed by atoms with Crippen molar-refractivity contribution in [2.75, 3.05) is 5.32 Å². The molecule has 1 aromatic carbocycles. The van der Waals surface area contributed by atoms with Crippen LogP contribution in [0, 0.1) is 5.41 Å². The smallest absolute Gasteiger partial charge is 0.299 e. The fourth-order valence-corrected chi connectivity index (χ4v) is 2.80. The summed E-state index contributed by atoms with van der Waals surface area (Å²) in [5.41, 5.74) is -5.37. The predicted octanol–water partition coefficient (Wildman–Crippen LogP) is 4.85. The van der Waals surface area contributed by atoms with Crippen LogP contribution in [0.15, 0.2) is 30.3 Å². The summed E-state index contributed by atoms with van der Waals surface area (Å²) >= 11 is -0.402. The summed E-state index contributed by atoms with van der Waals surface area (Å²) < 4.78 is 118. The maximum atomic E-state index is 13.5. The summed E-state index contributed by atoms with van der Waals surface area (Å²) in [6.07, 6.45) is -19.1. The van der Waals surface area contributed by atoms with Gasteiger partial charge in [0, 0.05) is 6.42 Å². The number of hydrogen-bond acceptors (Lipinski definition) is 4. The second-order valence-electron chi connectivity index (χ2n) is 5.43. The lowest BCUT2D eigenvalue weighted by atomic mass is 9.79. The Hall–Kier alpha value is -2.38. The molecule has 0 saturated heterocycles. The lowest BCUT2D eigenvalue weighted by molar-refractivity contribution is -0.323. The van der Waals surface area contributed by atoms with Gasteiger partial charge >= 0.3 is 18.5 Å². The van der Waals surface area contributed by atoms with Gasteiger partial charge in [-0.25, -0.2) is 0 Å². The molecule has 0 bridgehead atoms. The van der Waals surface area contributed by atoms with Gasteiger partial charge in [-0.1, -0.05) is 41.7 Å². The van der Waals surface area contributed by atoms with Crippen molar-refractivity contribution in [3.8, 4) is 0 Å². The molecule has 0 saturated carbocycles. The van der Waals surface area contributed by atoms with Gasteiger partial charge in [0.05, 0.1) is 0 Å². The van der Waals surface area contributed by atoms with Gasteiger partial charge in [-0.15, -0.1) is 10.2 Å². The molecule has 1 amide bonds. The highest BCUT2D eigenvalue weighted by atomic mass is 32.1. The Bertz CT molecular complexity index is 813. The molecule has 0 aliphatic carbocycles. The van der Waals surface area contributed by atoms with Gasteiger partial charge in [0.2, 0.25) is 15.6 Å². The summed E-state index contributed by atoms with van der Waals surface area (Å²) in [6.45, 7) is 0. The first-order valence-electron chi connectivity index (χ1n) is 7.08. The van der Waals surface area contributed by atoms with Crippen molar-refractivity contribution >= 4 is 22.4 Å². The van der Waals surface area contributed by atoms with Crippen molar-refractivity contribution in [2.24, 2.45) is 5.41 Å². The molecule has 0 aliphatic heterocycles. The van der Waals surface area contributed by atoms with E-state index in [9.17, 15) is 44.3 Å². The van der Waals surface area contributed by atoms with Gasteiger partial charge in [0.25, 0.3) is 5.91 Å². The molecule has 4 nitrogen and oxygen atoms in total. The van der Waals surface area contributed by atoms with Crippen LogP contribution in [0.4, 0.5) is 44.6 Å². The van der Waals surface area contributed by atoms with Crippen LogP contribution in [-0.2, 0) is 17.4 Å². The third-order valence-electron chi connectivity index (χ3n) is 3.56. The highest BCUT2D eigenvalue weighted by Crippen LogP contribution is 2.53. The van der Waals surface area contributed by atoms with Gasteiger partial charge < -0.3 is 0 Å². The van der Waals surface area contributed by atoms with Crippen molar-refractivity contribution < 1.29 is 44.3 Å². The van der Waals surface area contributed by atoms with Gasteiger partial charge in [0.15, 0.2) is 0 Å². The van der Waals surface area contributed by atoms with E-state index in [-0.39, 0.29) is 0 Å². The number of hydrogen-bond donors (Lipinski definition) is 1. The lowest BCUT2D eigenvalue weighted by Gasteiger charge is -2.35. The largest absolute Gasteiger partial charge is 0.445 e. The molecule has 0 aliphatic rings. The normalized spacial score (nSPS) is 13.5. The first-order chi connectivity index (χ1) is 12.7. The number of alkyl halides is 9. The summed E-state index contributed by atoms with van der Waals surface area (Å²) in [4.78, 5) is 12.1. The fraction of sp³-hybridized carbons (Fsp3) is 0.357. The zero-order valence-electron chi connectivity index (χ0n) is 13.2. The molecule has 154 valence electrons. The quantitative estimate of drug-likeness (QED) is 0.696. The SMILES string of the molecule is O=C(Nc1nnc(C(F)(F)F)s1)C(Cc1ccccc1)(C(F)(F)F)C(F)(F)F. The summed E-state index contributed by atoms with van der Waals surface area (Å²) in [7, 11) is 0. The van der Waals surface area contributed by atoms with Crippen LogP contribution in [0.2, 0.25) is 0 Å². The molecule has 0 atom stereocenters. The third-order valence-corrected chi connectivity index (χ3v) is 4.44. The zero-order chi connectivity index (χ0) is 21.4. The average molecular weight is 437 g/mol. The minimum Gasteiger partial charge on any atom is -0.299 e. The number of halogens is 9. The zero-order valence-corrected chi connectivity index (χ0v) is 14.0. The number of carbonyl (C=O) groups is 1. The van der Waals surface area contributed by atoms with E-state index in [4.69, 9.17) is 0 Å². The molecule has 1 heterocycles. The third kappa shape index (κ3) is 4.20. The number of aromatic nitrogens is 2. The molecular weight excluding hydrogens is 429 g/mol. The standard InChI is InChI=1S/C14H8F9N3OS/c15-12(16,17)9-25-26-10(28-9)24-8(27)11(13(18,19)20,14(21,22)23)6-7-4-2-1-3-5-7/h1-5H,6H2,(H,24,26,27). The van der Waals surface area contributed by atoms with Gasteiger partial charge in [-0.05, 0) is 5.56 Å². The van der Waals surface area contributed by atoms with Crippen LogP contribution in [-0.4, -0.2) is 28.5 Å². The van der Waals surface area contributed by atoms with Gasteiger partial charge in [-0.3, -0.25) is 10.1 Å². The molecule has 14 heteroatoms. The molecule has 2 aromatic rings. The second-order valence-corrected chi connectivity index (χ2v) is 6.40. The number of rotatable bonds is 4. The van der Waals surface area contributed by atoms with E-state index in [1.54, 1.807) is 0 Å². The number of benzene rings is 1. The summed E-state index contributed by atoms with van der Waals surface area (Å²) in [5.74, 6) is -2.61. The number of anilines is 1. The molecule has 1 aromatic heterocycles. The Morgan fingerprint density at radius 1 is 0.893 bits per heavy atom. The lowest BCUT2D eigenvalue weighted by Crippen LogP contribution is -2.59. The maximum Gasteiger partial charge on any atom is 0.445 e. The van der Waals surface area contributed by atoms with Crippen LogP contribution in [0.3, 0.4) is 0 Å². The van der Waals surface area contributed by atoms with E-state index in [1.165, 1.54) is 23.5 Å². The fourth-order valence-electron chi connectivity index (χ4n) is 2.19. The highest BCUT2D eigenvalue weighted by Gasteiger charge is 2.75.